The molecule has 2 heterocycles. The highest BCUT2D eigenvalue weighted by Gasteiger charge is 2.32. The SMILES string of the molecule is CCOC(=O)N1CCN(C(=O)C2CCCN(Cc3c(Cl)cccc3Cl)C2)CC1. The summed E-state index contributed by atoms with van der Waals surface area (Å²) in [5.41, 5.74) is 0.919. The maximum Gasteiger partial charge on any atom is 0.409 e. The van der Waals surface area contributed by atoms with Gasteiger partial charge in [0.1, 0.15) is 0 Å². The minimum absolute atomic E-state index is 0.0239. The molecule has 2 aliphatic rings. The lowest BCUT2D eigenvalue weighted by Crippen LogP contribution is -2.53. The lowest BCUT2D eigenvalue weighted by molar-refractivity contribution is -0.139. The number of nitrogens with zero attached hydrogens (tertiary/aromatic N) is 3. The molecule has 0 bridgehead atoms. The summed E-state index contributed by atoms with van der Waals surface area (Å²) in [4.78, 5) is 30.6. The maximum absolute atomic E-state index is 13.0. The number of benzene rings is 1. The Morgan fingerprint density at radius 1 is 1.07 bits per heavy atom. The van der Waals surface area contributed by atoms with E-state index in [4.69, 9.17) is 27.9 Å². The van der Waals surface area contributed by atoms with Crippen molar-refractivity contribution in [2.45, 2.75) is 26.3 Å². The molecule has 0 aromatic heterocycles. The van der Waals surface area contributed by atoms with Crippen LogP contribution in [0.15, 0.2) is 18.2 Å². The van der Waals surface area contributed by atoms with Crippen molar-refractivity contribution < 1.29 is 14.3 Å². The largest absolute Gasteiger partial charge is 0.450 e. The number of hydrogen-bond acceptors (Lipinski definition) is 4. The van der Waals surface area contributed by atoms with E-state index in [2.05, 4.69) is 4.90 Å². The number of ether oxygens (including phenoxy) is 1. The molecule has 1 aromatic rings. The second-order valence-corrected chi connectivity index (χ2v) is 8.10. The second-order valence-electron chi connectivity index (χ2n) is 7.29. The van der Waals surface area contributed by atoms with E-state index in [1.165, 1.54) is 0 Å². The van der Waals surface area contributed by atoms with Crippen molar-refractivity contribution in [1.82, 2.24) is 14.7 Å². The Hall–Kier alpha value is -1.50. The van der Waals surface area contributed by atoms with Crippen LogP contribution < -0.4 is 0 Å². The molecule has 0 spiro atoms. The van der Waals surface area contributed by atoms with E-state index in [0.29, 0.717) is 55.9 Å². The predicted octanol–water partition coefficient (Wildman–Crippen LogP) is 3.51. The maximum atomic E-state index is 13.0. The van der Waals surface area contributed by atoms with Crippen LogP contribution in [-0.2, 0) is 16.1 Å². The average molecular weight is 428 g/mol. The van der Waals surface area contributed by atoms with Crippen LogP contribution in [0.5, 0.6) is 0 Å². The lowest BCUT2D eigenvalue weighted by atomic mass is 9.95. The molecule has 2 saturated heterocycles. The number of carbonyl (C=O) groups is 2. The normalized spacial score (nSPS) is 20.9. The molecule has 2 fully saturated rings. The highest BCUT2D eigenvalue weighted by molar-refractivity contribution is 6.35. The molecule has 8 heteroatoms. The zero-order valence-corrected chi connectivity index (χ0v) is 17.7. The van der Waals surface area contributed by atoms with Gasteiger partial charge in [-0.1, -0.05) is 29.3 Å². The standard InChI is InChI=1S/C20H27Cl2N3O3/c1-2-28-20(27)25-11-9-24(10-12-25)19(26)15-5-4-8-23(13-15)14-16-17(21)6-3-7-18(16)22/h3,6-7,15H,2,4-5,8-14H2,1H3. The molecule has 1 aromatic carbocycles. The molecule has 0 N–H and O–H groups in total. The van der Waals surface area contributed by atoms with Gasteiger partial charge in [0.15, 0.2) is 0 Å². The van der Waals surface area contributed by atoms with Gasteiger partial charge in [-0.15, -0.1) is 0 Å². The molecular formula is C20H27Cl2N3O3. The van der Waals surface area contributed by atoms with Gasteiger partial charge >= 0.3 is 6.09 Å². The van der Waals surface area contributed by atoms with Gasteiger partial charge in [-0.05, 0) is 38.4 Å². The Bertz CT molecular complexity index is 688. The highest BCUT2D eigenvalue weighted by atomic mass is 35.5. The summed E-state index contributed by atoms with van der Waals surface area (Å²) < 4.78 is 5.04. The number of hydrogen-bond donors (Lipinski definition) is 0. The fraction of sp³-hybridized carbons (Fsp3) is 0.600. The fourth-order valence-corrected chi connectivity index (χ4v) is 4.41. The predicted molar refractivity (Wildman–Crippen MR) is 110 cm³/mol. The van der Waals surface area contributed by atoms with E-state index >= 15 is 0 Å². The van der Waals surface area contributed by atoms with E-state index < -0.39 is 0 Å². The minimum atomic E-state index is -0.296. The van der Waals surface area contributed by atoms with E-state index in [1.54, 1.807) is 11.8 Å². The van der Waals surface area contributed by atoms with E-state index in [1.807, 2.05) is 23.1 Å². The van der Waals surface area contributed by atoms with Gasteiger partial charge in [0.05, 0.1) is 12.5 Å². The van der Waals surface area contributed by atoms with E-state index in [-0.39, 0.29) is 17.9 Å². The number of halogens is 2. The van der Waals surface area contributed by atoms with Gasteiger partial charge in [-0.25, -0.2) is 4.79 Å². The van der Waals surface area contributed by atoms with Crippen molar-refractivity contribution >= 4 is 35.2 Å². The smallest absolute Gasteiger partial charge is 0.409 e. The molecule has 3 rings (SSSR count). The summed E-state index contributed by atoms with van der Waals surface area (Å²) >= 11 is 12.6. The fourth-order valence-electron chi connectivity index (χ4n) is 3.89. The minimum Gasteiger partial charge on any atom is -0.450 e. The van der Waals surface area contributed by atoms with E-state index in [0.717, 1.165) is 24.9 Å². The van der Waals surface area contributed by atoms with Crippen molar-refractivity contribution in [3.05, 3.63) is 33.8 Å². The van der Waals surface area contributed by atoms with Gasteiger partial charge < -0.3 is 14.5 Å². The molecule has 154 valence electrons. The molecular weight excluding hydrogens is 401 g/mol. The summed E-state index contributed by atoms with van der Waals surface area (Å²) in [6.45, 7) is 6.62. The number of piperidine rings is 1. The van der Waals surface area contributed by atoms with Gasteiger partial charge in [0.2, 0.25) is 5.91 Å². The van der Waals surface area contributed by atoms with Crippen LogP contribution in [0.1, 0.15) is 25.3 Å². The summed E-state index contributed by atoms with van der Waals surface area (Å²) in [7, 11) is 0. The van der Waals surface area contributed by atoms with Crippen LogP contribution in [0.3, 0.4) is 0 Å². The Labute approximate surface area is 176 Å². The number of piperazine rings is 1. The molecule has 2 amide bonds. The van der Waals surface area contributed by atoms with Crippen LogP contribution in [0.2, 0.25) is 10.0 Å². The quantitative estimate of drug-likeness (QED) is 0.737. The number of likely N-dealkylation sites (tertiary alicyclic amines) is 1. The van der Waals surface area contributed by atoms with Crippen molar-refractivity contribution in [2.24, 2.45) is 5.92 Å². The summed E-state index contributed by atoms with van der Waals surface area (Å²) in [6, 6.07) is 5.53. The number of amides is 2. The summed E-state index contributed by atoms with van der Waals surface area (Å²) in [6.07, 6.45) is 1.57. The first-order valence-electron chi connectivity index (χ1n) is 9.85. The van der Waals surface area contributed by atoms with Gasteiger partial charge in [-0.3, -0.25) is 9.69 Å². The molecule has 0 aliphatic carbocycles. The molecule has 1 atom stereocenters. The second kappa shape index (κ2) is 9.81. The molecule has 0 saturated carbocycles. The average Bonchev–Trinajstić information content (AvgIpc) is 2.71. The first-order chi connectivity index (χ1) is 13.5. The van der Waals surface area contributed by atoms with Crippen LogP contribution >= 0.6 is 23.2 Å². The Kier molecular flexibility index (Phi) is 7.43. The molecule has 28 heavy (non-hydrogen) atoms. The molecule has 0 radical (unpaired) electrons. The van der Waals surface area contributed by atoms with Gasteiger partial charge in [-0.2, -0.15) is 0 Å². The first kappa shape index (κ1) is 21.2. The van der Waals surface area contributed by atoms with Crippen LogP contribution in [0.4, 0.5) is 4.79 Å². The molecule has 1 unspecified atom stereocenters. The van der Waals surface area contributed by atoms with Crippen molar-refractivity contribution in [1.29, 1.82) is 0 Å². The monoisotopic (exact) mass is 427 g/mol. The summed E-state index contributed by atoms with van der Waals surface area (Å²) in [5, 5.41) is 1.33. The first-order valence-corrected chi connectivity index (χ1v) is 10.6. The lowest BCUT2D eigenvalue weighted by Gasteiger charge is -2.38. The van der Waals surface area contributed by atoms with Crippen molar-refractivity contribution in [3.63, 3.8) is 0 Å². The topological polar surface area (TPSA) is 53.1 Å². The van der Waals surface area contributed by atoms with Crippen LogP contribution in [0, 0.1) is 5.92 Å². The zero-order valence-electron chi connectivity index (χ0n) is 16.2. The van der Waals surface area contributed by atoms with Gasteiger partial charge in [0.25, 0.3) is 0 Å². The highest BCUT2D eigenvalue weighted by Crippen LogP contribution is 2.28. The van der Waals surface area contributed by atoms with E-state index in [9.17, 15) is 9.59 Å². The van der Waals surface area contributed by atoms with Crippen molar-refractivity contribution in [3.8, 4) is 0 Å². The van der Waals surface area contributed by atoms with Crippen LogP contribution in [0.25, 0.3) is 0 Å². The third-order valence-corrected chi connectivity index (χ3v) is 6.12. The van der Waals surface area contributed by atoms with Crippen molar-refractivity contribution in [2.75, 3.05) is 45.9 Å². The zero-order chi connectivity index (χ0) is 20.1. The Balaban J connectivity index is 1.54. The molecule has 6 nitrogen and oxygen atoms in total. The number of rotatable bonds is 4. The van der Waals surface area contributed by atoms with Gasteiger partial charge in [0, 0.05) is 54.9 Å². The Morgan fingerprint density at radius 3 is 2.36 bits per heavy atom. The Morgan fingerprint density at radius 2 is 1.71 bits per heavy atom. The van der Waals surface area contributed by atoms with Crippen LogP contribution in [-0.4, -0.2) is 72.6 Å². The third-order valence-electron chi connectivity index (χ3n) is 5.42. The number of carbonyl (C=O) groups excluding carboxylic acids is 2. The summed E-state index contributed by atoms with van der Waals surface area (Å²) in [5.74, 6) is 0.155. The third kappa shape index (κ3) is 5.10. The molecule has 2 aliphatic heterocycles.